The summed E-state index contributed by atoms with van der Waals surface area (Å²) in [6.45, 7) is 1.73. The maximum Gasteiger partial charge on any atom is 0.331 e. The van der Waals surface area contributed by atoms with Gasteiger partial charge in [-0.3, -0.25) is 0 Å². The zero-order valence-electron chi connectivity index (χ0n) is 7.41. The van der Waals surface area contributed by atoms with Gasteiger partial charge in [0.05, 0.1) is 5.69 Å². The molecule has 0 spiro atoms. The summed E-state index contributed by atoms with van der Waals surface area (Å²) in [5.41, 5.74) is 9.37. The molecule has 0 aliphatic heterocycles. The van der Waals surface area contributed by atoms with Crippen LogP contribution >= 0.6 is 0 Å². The molecule has 0 saturated heterocycles. The quantitative estimate of drug-likeness (QED) is 0.547. The smallest absolute Gasteiger partial charge is 0.331 e. The first-order valence-corrected chi connectivity index (χ1v) is 4.03. The third kappa shape index (κ3) is 3.02. The van der Waals surface area contributed by atoms with E-state index in [0.29, 0.717) is 17.8 Å². The molecule has 0 aliphatic rings. The Labute approximate surface area is 76.6 Å². The van der Waals surface area contributed by atoms with Gasteiger partial charge in [0.25, 0.3) is 0 Å². The fourth-order valence-corrected chi connectivity index (χ4v) is 0.739. The molecule has 0 amide bonds. The number of rotatable bonds is 3. The maximum absolute atomic E-state index is 10.7. The van der Waals surface area contributed by atoms with Gasteiger partial charge in [0.15, 0.2) is 0 Å². The largest absolute Gasteiger partial charge is 0.399 e. The van der Waals surface area contributed by atoms with Crippen molar-refractivity contribution in [2.75, 3.05) is 11.2 Å². The monoisotopic (exact) mass is 180 g/mol. The van der Waals surface area contributed by atoms with Gasteiger partial charge >= 0.3 is 5.97 Å². The molecule has 3 N–H and O–H groups in total. The first-order chi connectivity index (χ1) is 6.22. The fourth-order valence-electron chi connectivity index (χ4n) is 0.739. The van der Waals surface area contributed by atoms with Gasteiger partial charge < -0.3 is 10.6 Å². The molecule has 0 fully saturated rings. The lowest BCUT2D eigenvalue weighted by Crippen LogP contribution is -2.08. The average molecular weight is 180 g/mol. The lowest BCUT2D eigenvalue weighted by atomic mass is 10.3. The van der Waals surface area contributed by atoms with Crippen LogP contribution in [0.1, 0.15) is 13.3 Å². The van der Waals surface area contributed by atoms with Crippen LogP contribution in [0.15, 0.2) is 24.3 Å². The molecule has 13 heavy (non-hydrogen) atoms. The first kappa shape index (κ1) is 9.38. The highest BCUT2D eigenvalue weighted by Crippen LogP contribution is 2.10. The van der Waals surface area contributed by atoms with Crippen LogP contribution in [0.5, 0.6) is 0 Å². The SMILES string of the molecule is CCC(=O)ONc1ccc(N)cc1. The Morgan fingerprint density at radius 3 is 2.62 bits per heavy atom. The Morgan fingerprint density at radius 2 is 2.08 bits per heavy atom. The number of nitrogen functional groups attached to an aromatic ring is 1. The van der Waals surface area contributed by atoms with Crippen LogP contribution in [0.25, 0.3) is 0 Å². The Morgan fingerprint density at radius 1 is 1.46 bits per heavy atom. The van der Waals surface area contributed by atoms with Gasteiger partial charge in [-0.2, -0.15) is 0 Å². The normalized spacial score (nSPS) is 9.31. The molecule has 1 aromatic rings. The Kier molecular flexibility index (Phi) is 3.14. The van der Waals surface area contributed by atoms with Crippen LogP contribution < -0.4 is 11.2 Å². The van der Waals surface area contributed by atoms with Gasteiger partial charge in [-0.1, -0.05) is 6.92 Å². The van der Waals surface area contributed by atoms with Gasteiger partial charge in [0.1, 0.15) is 0 Å². The molecule has 4 heteroatoms. The van der Waals surface area contributed by atoms with Gasteiger partial charge in [0.2, 0.25) is 0 Å². The van der Waals surface area contributed by atoms with Crippen LogP contribution in [0.2, 0.25) is 0 Å². The molecule has 0 radical (unpaired) electrons. The number of hydrogen-bond donors (Lipinski definition) is 2. The number of anilines is 2. The van der Waals surface area contributed by atoms with E-state index >= 15 is 0 Å². The fraction of sp³-hybridized carbons (Fsp3) is 0.222. The van der Waals surface area contributed by atoms with Crippen molar-refractivity contribution in [3.8, 4) is 0 Å². The van der Waals surface area contributed by atoms with Gasteiger partial charge in [0, 0.05) is 12.1 Å². The highest BCUT2D eigenvalue weighted by Gasteiger charge is 1.97. The number of benzene rings is 1. The van der Waals surface area contributed by atoms with Crippen LogP contribution in [0, 0.1) is 0 Å². The lowest BCUT2D eigenvalue weighted by molar-refractivity contribution is -0.140. The minimum atomic E-state index is -0.295. The molecule has 0 bridgehead atoms. The van der Waals surface area contributed by atoms with Crippen molar-refractivity contribution in [1.29, 1.82) is 0 Å². The summed E-state index contributed by atoms with van der Waals surface area (Å²) in [6.07, 6.45) is 0.349. The van der Waals surface area contributed by atoms with E-state index in [1.165, 1.54) is 0 Å². The van der Waals surface area contributed by atoms with Crippen molar-refractivity contribution in [1.82, 2.24) is 0 Å². The standard InChI is InChI=1S/C9H12N2O2/c1-2-9(12)13-11-8-5-3-7(10)4-6-8/h3-6,11H,2,10H2,1H3. The van der Waals surface area contributed by atoms with Gasteiger partial charge in [-0.15, -0.1) is 0 Å². The number of nitrogens with one attached hydrogen (secondary N) is 1. The van der Waals surface area contributed by atoms with E-state index in [1.54, 1.807) is 31.2 Å². The van der Waals surface area contributed by atoms with Crippen molar-refractivity contribution in [3.05, 3.63) is 24.3 Å². The molecular weight excluding hydrogens is 168 g/mol. The number of carbonyl (C=O) groups is 1. The van der Waals surface area contributed by atoms with Crippen LogP contribution in [-0.4, -0.2) is 5.97 Å². The van der Waals surface area contributed by atoms with E-state index < -0.39 is 0 Å². The maximum atomic E-state index is 10.7. The molecule has 1 aromatic carbocycles. The summed E-state index contributed by atoms with van der Waals surface area (Å²) in [5, 5.41) is 0. The number of nitrogens with two attached hydrogens (primary N) is 1. The number of hydrogen-bond acceptors (Lipinski definition) is 4. The second kappa shape index (κ2) is 4.35. The Bertz CT molecular complexity index is 282. The second-order valence-corrected chi connectivity index (χ2v) is 2.55. The molecule has 70 valence electrons. The minimum Gasteiger partial charge on any atom is -0.399 e. The highest BCUT2D eigenvalue weighted by molar-refractivity contribution is 5.70. The zero-order chi connectivity index (χ0) is 9.68. The first-order valence-electron chi connectivity index (χ1n) is 4.03. The van der Waals surface area contributed by atoms with Crippen molar-refractivity contribution in [2.24, 2.45) is 0 Å². The van der Waals surface area contributed by atoms with E-state index in [-0.39, 0.29) is 5.97 Å². The molecule has 0 saturated carbocycles. The average Bonchev–Trinajstić information content (AvgIpc) is 2.16. The Hall–Kier alpha value is -1.71. The van der Waals surface area contributed by atoms with Crippen molar-refractivity contribution >= 4 is 17.3 Å². The summed E-state index contributed by atoms with van der Waals surface area (Å²) in [6, 6.07) is 6.92. The summed E-state index contributed by atoms with van der Waals surface area (Å²) in [5.74, 6) is -0.295. The van der Waals surface area contributed by atoms with E-state index in [2.05, 4.69) is 10.3 Å². The Balaban J connectivity index is 2.46. The van der Waals surface area contributed by atoms with Crippen molar-refractivity contribution in [2.45, 2.75) is 13.3 Å². The van der Waals surface area contributed by atoms with E-state index in [1.807, 2.05) is 0 Å². The van der Waals surface area contributed by atoms with Crippen molar-refractivity contribution < 1.29 is 9.63 Å². The van der Waals surface area contributed by atoms with Gasteiger partial charge in [-0.25, -0.2) is 10.3 Å². The summed E-state index contributed by atoms with van der Waals surface area (Å²) < 4.78 is 0. The number of carbonyl (C=O) groups excluding carboxylic acids is 1. The molecule has 4 nitrogen and oxygen atoms in total. The summed E-state index contributed by atoms with van der Waals surface area (Å²) in [7, 11) is 0. The second-order valence-electron chi connectivity index (χ2n) is 2.55. The minimum absolute atomic E-state index is 0.295. The van der Waals surface area contributed by atoms with Gasteiger partial charge in [-0.05, 0) is 24.3 Å². The van der Waals surface area contributed by atoms with E-state index in [4.69, 9.17) is 5.73 Å². The topological polar surface area (TPSA) is 64.3 Å². The predicted molar refractivity (Wildman–Crippen MR) is 50.9 cm³/mol. The molecule has 1 rings (SSSR count). The predicted octanol–water partition coefficient (Wildman–Crippen LogP) is 1.55. The molecule has 0 heterocycles. The molecule has 0 aliphatic carbocycles. The van der Waals surface area contributed by atoms with Crippen LogP contribution in [0.4, 0.5) is 11.4 Å². The lowest BCUT2D eigenvalue weighted by Gasteiger charge is -2.05. The zero-order valence-corrected chi connectivity index (χ0v) is 7.41. The summed E-state index contributed by atoms with van der Waals surface area (Å²) in [4.78, 5) is 15.4. The molecule has 0 aromatic heterocycles. The van der Waals surface area contributed by atoms with E-state index in [9.17, 15) is 4.79 Å². The summed E-state index contributed by atoms with van der Waals surface area (Å²) >= 11 is 0. The third-order valence-corrected chi connectivity index (χ3v) is 1.48. The van der Waals surface area contributed by atoms with Crippen LogP contribution in [0.3, 0.4) is 0 Å². The molecule has 0 unspecified atom stereocenters. The molecule has 0 atom stereocenters. The highest BCUT2D eigenvalue weighted by atomic mass is 16.7. The van der Waals surface area contributed by atoms with Crippen LogP contribution in [-0.2, 0) is 9.63 Å². The third-order valence-electron chi connectivity index (χ3n) is 1.48. The molecular formula is C9H12N2O2. The van der Waals surface area contributed by atoms with Crippen molar-refractivity contribution in [3.63, 3.8) is 0 Å². The van der Waals surface area contributed by atoms with E-state index in [0.717, 1.165) is 0 Å².